The first-order valence-corrected chi connectivity index (χ1v) is 8.72. The Bertz CT molecular complexity index is 551. The van der Waals surface area contributed by atoms with Crippen molar-refractivity contribution in [2.24, 2.45) is 0 Å². The maximum Gasteiger partial charge on any atom is 0.155 e. The molecule has 0 N–H and O–H groups in total. The highest BCUT2D eigenvalue weighted by molar-refractivity contribution is 7.92. The Hall–Kier alpha value is -1.37. The lowest BCUT2D eigenvalue weighted by atomic mass is 10.1. The van der Waals surface area contributed by atoms with Crippen LogP contribution >= 0.6 is 0 Å². The van der Waals surface area contributed by atoms with Crippen molar-refractivity contribution < 1.29 is 13.2 Å². The second-order valence-corrected chi connectivity index (χ2v) is 8.87. The van der Waals surface area contributed by atoms with Crippen LogP contribution in [0.2, 0.25) is 0 Å². The van der Waals surface area contributed by atoms with Crippen molar-refractivity contribution in [2.75, 3.05) is 5.75 Å². The zero-order chi connectivity index (χ0) is 15.9. The van der Waals surface area contributed by atoms with Crippen molar-refractivity contribution in [1.82, 2.24) is 15.0 Å². The molecule has 0 saturated carbocycles. The molecule has 1 aromatic heterocycles. The van der Waals surface area contributed by atoms with Gasteiger partial charge in [0.05, 0.1) is 16.9 Å². The Balaban J connectivity index is 2.22. The van der Waals surface area contributed by atoms with Crippen LogP contribution in [0, 0.1) is 0 Å². The van der Waals surface area contributed by atoms with Crippen molar-refractivity contribution in [3.8, 4) is 0 Å². The lowest BCUT2D eigenvalue weighted by Gasteiger charge is -2.18. The number of ketones is 1. The van der Waals surface area contributed by atoms with Crippen LogP contribution in [-0.2, 0) is 21.1 Å². The lowest BCUT2D eigenvalue weighted by Crippen LogP contribution is -2.30. The van der Waals surface area contributed by atoms with Gasteiger partial charge in [-0.25, -0.2) is 23.4 Å². The van der Waals surface area contributed by atoms with Crippen LogP contribution in [0.3, 0.4) is 0 Å². The first-order chi connectivity index (χ1) is 9.72. The fourth-order valence-electron chi connectivity index (χ4n) is 1.72. The molecule has 118 valence electrons. The monoisotopic (exact) mass is 313 g/mol. The third-order valence-corrected chi connectivity index (χ3v) is 5.90. The summed E-state index contributed by atoms with van der Waals surface area (Å²) in [4.78, 5) is 23.2. The molecule has 0 saturated heterocycles. The zero-order valence-corrected chi connectivity index (χ0v) is 13.7. The summed E-state index contributed by atoms with van der Waals surface area (Å²) in [7, 11) is -3.06. The van der Waals surface area contributed by atoms with Crippen LogP contribution in [-0.4, -0.2) is 39.7 Å². The Morgan fingerprint density at radius 3 is 2.29 bits per heavy atom. The number of hydrogen-bond acceptors (Lipinski definition) is 6. The van der Waals surface area contributed by atoms with Gasteiger partial charge in [-0.2, -0.15) is 0 Å². The molecule has 0 unspecified atom stereocenters. The first kappa shape index (κ1) is 17.7. The molecule has 0 aliphatic heterocycles. The number of unbranched alkanes of at least 4 members (excludes halogenated alkanes) is 2. The molecule has 1 rings (SSSR count). The molecule has 0 spiro atoms. The molecule has 0 bridgehead atoms. The zero-order valence-electron chi connectivity index (χ0n) is 12.9. The molecule has 1 heterocycles. The minimum Gasteiger partial charge on any atom is -0.299 e. The molecule has 0 aromatic carbocycles. The number of sulfone groups is 1. The number of rotatable bonds is 8. The summed E-state index contributed by atoms with van der Waals surface area (Å²) in [5.74, 6) is 0.725. The van der Waals surface area contributed by atoms with Crippen LogP contribution in [0.15, 0.2) is 12.7 Å². The lowest BCUT2D eigenvalue weighted by molar-refractivity contribution is -0.118. The number of nitrogens with zero attached hydrogens (tertiary/aromatic N) is 3. The second kappa shape index (κ2) is 7.59. The molecule has 0 atom stereocenters. The van der Waals surface area contributed by atoms with Crippen molar-refractivity contribution in [2.45, 2.75) is 57.6 Å². The second-order valence-electron chi connectivity index (χ2n) is 6.01. The van der Waals surface area contributed by atoms with Crippen LogP contribution in [0.4, 0.5) is 0 Å². The number of aromatic nitrogens is 3. The van der Waals surface area contributed by atoms with Gasteiger partial charge in [-0.15, -0.1) is 0 Å². The van der Waals surface area contributed by atoms with Crippen molar-refractivity contribution in [3.63, 3.8) is 0 Å². The summed E-state index contributed by atoms with van der Waals surface area (Å²) in [6.07, 6.45) is 5.41. The minimum absolute atomic E-state index is 0.0693. The van der Waals surface area contributed by atoms with Crippen LogP contribution in [0.1, 0.15) is 52.3 Å². The smallest absolute Gasteiger partial charge is 0.155 e. The van der Waals surface area contributed by atoms with Crippen LogP contribution < -0.4 is 0 Å². The molecule has 0 fully saturated rings. The summed E-state index contributed by atoms with van der Waals surface area (Å²) < 4.78 is 23.1. The van der Waals surface area contributed by atoms with E-state index in [0.717, 1.165) is 6.42 Å². The molecular weight excluding hydrogens is 290 g/mol. The van der Waals surface area contributed by atoms with E-state index in [2.05, 4.69) is 15.0 Å². The standard InChI is InChI=1S/C14H23N3O3S/c1-14(2,3)21(19,20)8-6-4-5-7-12(18)9-13-16-10-15-11-17-13/h10-11H,4-9H2,1-3H3. The maximum absolute atomic E-state index is 11.9. The predicted octanol–water partition coefficient (Wildman–Crippen LogP) is 1.76. The Kier molecular flexibility index (Phi) is 6.39. The topological polar surface area (TPSA) is 89.9 Å². The van der Waals surface area contributed by atoms with E-state index in [1.54, 1.807) is 20.8 Å². The van der Waals surface area contributed by atoms with E-state index in [9.17, 15) is 13.2 Å². The van der Waals surface area contributed by atoms with Gasteiger partial charge in [-0.05, 0) is 33.6 Å². The van der Waals surface area contributed by atoms with Crippen LogP contribution in [0.25, 0.3) is 0 Å². The molecule has 1 aromatic rings. The van der Waals surface area contributed by atoms with Gasteiger partial charge in [0, 0.05) is 6.42 Å². The molecule has 7 heteroatoms. The fraction of sp³-hybridized carbons (Fsp3) is 0.714. The highest BCUT2D eigenvalue weighted by atomic mass is 32.2. The summed E-state index contributed by atoms with van der Waals surface area (Å²) in [5, 5.41) is 0. The quantitative estimate of drug-likeness (QED) is 0.679. The number of Topliss-reactive ketones (excluding diaryl/α,β-unsaturated/α-hetero) is 1. The van der Waals surface area contributed by atoms with E-state index in [4.69, 9.17) is 0 Å². The first-order valence-electron chi connectivity index (χ1n) is 7.07. The number of hydrogen-bond donors (Lipinski definition) is 0. The van der Waals surface area contributed by atoms with E-state index < -0.39 is 14.6 Å². The third-order valence-electron chi connectivity index (χ3n) is 3.20. The molecular formula is C14H23N3O3S. The molecule has 0 aliphatic rings. The third kappa shape index (κ3) is 6.29. The van der Waals surface area contributed by atoms with Gasteiger partial charge in [0.25, 0.3) is 0 Å². The molecule has 0 aliphatic carbocycles. The van der Waals surface area contributed by atoms with Gasteiger partial charge in [0.15, 0.2) is 9.84 Å². The van der Waals surface area contributed by atoms with Gasteiger partial charge in [-0.1, -0.05) is 6.42 Å². The van der Waals surface area contributed by atoms with Crippen molar-refractivity contribution in [3.05, 3.63) is 18.5 Å². The largest absolute Gasteiger partial charge is 0.299 e. The Morgan fingerprint density at radius 1 is 1.10 bits per heavy atom. The van der Waals surface area contributed by atoms with Crippen molar-refractivity contribution >= 4 is 15.6 Å². The summed E-state index contributed by atoms with van der Waals surface area (Å²) in [6.45, 7) is 5.13. The average Bonchev–Trinajstić information content (AvgIpc) is 2.38. The van der Waals surface area contributed by atoms with E-state index in [0.29, 0.717) is 25.1 Å². The average molecular weight is 313 g/mol. The SMILES string of the molecule is CC(C)(C)S(=O)(=O)CCCCCC(=O)Cc1ncncn1. The molecule has 0 radical (unpaired) electrons. The van der Waals surface area contributed by atoms with Crippen LogP contribution in [0.5, 0.6) is 0 Å². The van der Waals surface area contributed by atoms with Gasteiger partial charge >= 0.3 is 0 Å². The molecule has 6 nitrogen and oxygen atoms in total. The Morgan fingerprint density at radius 2 is 1.71 bits per heavy atom. The van der Waals surface area contributed by atoms with Gasteiger partial charge < -0.3 is 0 Å². The normalized spacial score (nSPS) is 12.3. The fourth-order valence-corrected chi connectivity index (χ4v) is 2.91. The summed E-state index contributed by atoms with van der Waals surface area (Å²) in [6, 6.07) is 0. The van der Waals surface area contributed by atoms with Crippen molar-refractivity contribution in [1.29, 1.82) is 0 Å². The molecule has 21 heavy (non-hydrogen) atoms. The number of carbonyl (C=O) groups excluding carboxylic acids is 1. The molecule has 0 amide bonds. The van der Waals surface area contributed by atoms with Gasteiger partial charge in [0.1, 0.15) is 24.3 Å². The summed E-state index contributed by atoms with van der Waals surface area (Å²) >= 11 is 0. The highest BCUT2D eigenvalue weighted by Gasteiger charge is 2.27. The Labute approximate surface area is 126 Å². The number of carbonyl (C=O) groups is 1. The van der Waals surface area contributed by atoms with E-state index in [1.165, 1.54) is 12.7 Å². The highest BCUT2D eigenvalue weighted by Crippen LogP contribution is 2.17. The van der Waals surface area contributed by atoms with E-state index >= 15 is 0 Å². The maximum atomic E-state index is 11.9. The summed E-state index contributed by atoms with van der Waals surface area (Å²) in [5.41, 5.74) is 0. The predicted molar refractivity (Wildman–Crippen MR) is 80.5 cm³/mol. The van der Waals surface area contributed by atoms with E-state index in [-0.39, 0.29) is 18.0 Å². The van der Waals surface area contributed by atoms with Gasteiger partial charge in [-0.3, -0.25) is 4.79 Å². The van der Waals surface area contributed by atoms with E-state index in [1.807, 2.05) is 0 Å². The minimum atomic E-state index is -3.06. The van der Waals surface area contributed by atoms with Gasteiger partial charge in [0.2, 0.25) is 0 Å².